The van der Waals surface area contributed by atoms with Crippen LogP contribution in [0.3, 0.4) is 0 Å². The van der Waals surface area contributed by atoms with Crippen molar-refractivity contribution in [2.75, 3.05) is 0 Å². The van der Waals surface area contributed by atoms with E-state index in [9.17, 15) is 25.3 Å². The average molecular weight is 496 g/mol. The summed E-state index contributed by atoms with van der Waals surface area (Å²) in [6.45, 7) is 5.08. The zero-order valence-corrected chi connectivity index (χ0v) is 17.1. The van der Waals surface area contributed by atoms with Gasteiger partial charge in [0.2, 0.25) is 5.88 Å². The minimum absolute atomic E-state index is 0.0192. The lowest BCUT2D eigenvalue weighted by Gasteiger charge is -2.12. The van der Waals surface area contributed by atoms with Crippen molar-refractivity contribution in [1.82, 2.24) is 4.57 Å². The van der Waals surface area contributed by atoms with Gasteiger partial charge in [0.25, 0.3) is 11.2 Å². The standard InChI is InChI=1S/C17H12Br2N4O4/c1-3-4-22-16(24)11(7-20)9(2)12(17(22)25)8-21-15-13(18)5-10(23(26)27)6-14(15)19/h3,5-6,8,25H,1,4H2,2H3. The molecule has 1 heterocycles. The molecule has 0 atom stereocenters. The fourth-order valence-electron chi connectivity index (χ4n) is 2.33. The van der Waals surface area contributed by atoms with Gasteiger partial charge >= 0.3 is 0 Å². The lowest BCUT2D eigenvalue weighted by molar-refractivity contribution is -0.385. The fourth-order valence-corrected chi connectivity index (χ4v) is 3.70. The molecule has 1 aromatic heterocycles. The molecule has 1 aromatic carbocycles. The summed E-state index contributed by atoms with van der Waals surface area (Å²) in [5.41, 5.74) is -0.0547. The molecule has 0 saturated heterocycles. The number of allylic oxidation sites excluding steroid dienone is 1. The predicted octanol–water partition coefficient (Wildman–Crippen LogP) is 4.10. The highest BCUT2D eigenvalue weighted by atomic mass is 79.9. The number of aliphatic imine (C=N–C) groups is 1. The Morgan fingerprint density at radius 2 is 2.04 bits per heavy atom. The third-order valence-electron chi connectivity index (χ3n) is 3.69. The van der Waals surface area contributed by atoms with Gasteiger partial charge in [-0.15, -0.1) is 6.58 Å². The van der Waals surface area contributed by atoms with Crippen LogP contribution in [-0.4, -0.2) is 20.8 Å². The first-order valence-electron chi connectivity index (χ1n) is 7.37. The van der Waals surface area contributed by atoms with E-state index in [-0.39, 0.29) is 34.8 Å². The molecule has 0 aliphatic carbocycles. The van der Waals surface area contributed by atoms with Crippen LogP contribution < -0.4 is 5.56 Å². The van der Waals surface area contributed by atoms with Crippen LogP contribution in [0.4, 0.5) is 11.4 Å². The van der Waals surface area contributed by atoms with Gasteiger partial charge < -0.3 is 5.11 Å². The van der Waals surface area contributed by atoms with Gasteiger partial charge in [0, 0.05) is 24.9 Å². The zero-order valence-electron chi connectivity index (χ0n) is 13.9. The maximum atomic E-state index is 12.3. The summed E-state index contributed by atoms with van der Waals surface area (Å²) in [6, 6.07) is 4.43. The van der Waals surface area contributed by atoms with Crippen molar-refractivity contribution in [2.24, 2.45) is 4.99 Å². The number of hydrogen-bond acceptors (Lipinski definition) is 6. The number of halogens is 2. The van der Waals surface area contributed by atoms with Gasteiger partial charge in [0.05, 0.1) is 25.1 Å². The van der Waals surface area contributed by atoms with E-state index in [2.05, 4.69) is 43.4 Å². The molecule has 0 amide bonds. The van der Waals surface area contributed by atoms with E-state index >= 15 is 0 Å². The van der Waals surface area contributed by atoms with Crippen LogP contribution in [0, 0.1) is 28.4 Å². The third-order valence-corrected chi connectivity index (χ3v) is 4.90. The largest absolute Gasteiger partial charge is 0.494 e. The normalized spacial score (nSPS) is 10.7. The van der Waals surface area contributed by atoms with E-state index in [4.69, 9.17) is 0 Å². The monoisotopic (exact) mass is 494 g/mol. The minimum Gasteiger partial charge on any atom is -0.494 e. The second-order valence-electron chi connectivity index (χ2n) is 5.33. The Labute approximate surface area is 170 Å². The number of pyridine rings is 1. The molecule has 138 valence electrons. The molecule has 0 aliphatic rings. The van der Waals surface area contributed by atoms with Crippen LogP contribution >= 0.6 is 31.9 Å². The lowest BCUT2D eigenvalue weighted by Crippen LogP contribution is -2.24. The lowest BCUT2D eigenvalue weighted by atomic mass is 10.1. The number of nitro groups is 1. The second-order valence-corrected chi connectivity index (χ2v) is 7.04. The molecule has 0 fully saturated rings. The number of hydrogen-bond donors (Lipinski definition) is 1. The molecule has 27 heavy (non-hydrogen) atoms. The Morgan fingerprint density at radius 1 is 1.44 bits per heavy atom. The van der Waals surface area contributed by atoms with Crippen LogP contribution in [0.2, 0.25) is 0 Å². The van der Waals surface area contributed by atoms with Crippen LogP contribution in [0.1, 0.15) is 16.7 Å². The van der Waals surface area contributed by atoms with E-state index in [1.165, 1.54) is 31.3 Å². The number of benzene rings is 1. The number of aromatic hydroxyl groups is 1. The molecular formula is C17H12Br2N4O4. The molecule has 0 bridgehead atoms. The first kappa shape index (κ1) is 20.5. The van der Waals surface area contributed by atoms with Crippen molar-refractivity contribution in [3.8, 4) is 11.9 Å². The number of nitro benzene ring substituents is 1. The van der Waals surface area contributed by atoms with E-state index in [1.54, 1.807) is 0 Å². The van der Waals surface area contributed by atoms with Gasteiger partial charge in [-0.3, -0.25) is 24.5 Å². The molecule has 0 unspecified atom stereocenters. The molecule has 10 heteroatoms. The summed E-state index contributed by atoms with van der Waals surface area (Å²) < 4.78 is 1.73. The van der Waals surface area contributed by atoms with E-state index in [0.717, 1.165) is 4.57 Å². The quantitative estimate of drug-likeness (QED) is 0.289. The summed E-state index contributed by atoms with van der Waals surface area (Å²) in [6.07, 6.45) is 2.71. The van der Waals surface area contributed by atoms with Gasteiger partial charge in [-0.1, -0.05) is 6.08 Å². The van der Waals surface area contributed by atoms with Crippen LogP contribution in [0.25, 0.3) is 0 Å². The van der Waals surface area contributed by atoms with E-state index in [1.807, 2.05) is 6.07 Å². The topological polar surface area (TPSA) is 122 Å². The molecule has 1 N–H and O–H groups in total. The molecule has 2 rings (SSSR count). The molecule has 0 radical (unpaired) electrons. The maximum Gasteiger partial charge on any atom is 0.271 e. The molecule has 0 aliphatic heterocycles. The minimum atomic E-state index is -0.623. The molecular weight excluding hydrogens is 484 g/mol. The van der Waals surface area contributed by atoms with E-state index in [0.29, 0.717) is 14.6 Å². The Bertz CT molecular complexity index is 1060. The fraction of sp³-hybridized carbons (Fsp3) is 0.118. The summed E-state index contributed by atoms with van der Waals surface area (Å²) in [5.74, 6) is -0.352. The van der Waals surface area contributed by atoms with Crippen molar-refractivity contribution in [2.45, 2.75) is 13.5 Å². The highest BCUT2D eigenvalue weighted by Gasteiger charge is 2.18. The highest BCUT2D eigenvalue weighted by molar-refractivity contribution is 9.11. The van der Waals surface area contributed by atoms with E-state index < -0.39 is 10.5 Å². The summed E-state index contributed by atoms with van der Waals surface area (Å²) in [5, 5.41) is 30.6. The van der Waals surface area contributed by atoms with Crippen LogP contribution in [-0.2, 0) is 6.54 Å². The number of aromatic nitrogens is 1. The molecule has 0 spiro atoms. The van der Waals surface area contributed by atoms with Crippen LogP contribution in [0.15, 0.2) is 43.5 Å². The first-order chi connectivity index (χ1) is 12.7. The van der Waals surface area contributed by atoms with Gasteiger partial charge in [0.1, 0.15) is 11.6 Å². The molecule has 0 saturated carbocycles. The Hall–Kier alpha value is -2.77. The average Bonchev–Trinajstić information content (AvgIpc) is 2.60. The van der Waals surface area contributed by atoms with Crippen molar-refractivity contribution in [3.05, 3.63) is 70.9 Å². The van der Waals surface area contributed by atoms with Crippen molar-refractivity contribution < 1.29 is 10.0 Å². The summed E-state index contributed by atoms with van der Waals surface area (Å²) in [4.78, 5) is 26.9. The van der Waals surface area contributed by atoms with Crippen molar-refractivity contribution in [3.63, 3.8) is 0 Å². The Balaban J connectivity index is 2.66. The number of nitrogens with zero attached hydrogens (tertiary/aromatic N) is 4. The second kappa shape index (κ2) is 8.28. The van der Waals surface area contributed by atoms with Gasteiger partial charge in [-0.2, -0.15) is 5.26 Å². The number of non-ortho nitro benzene ring substituents is 1. The third kappa shape index (κ3) is 3.99. The first-order valence-corrected chi connectivity index (χ1v) is 8.96. The number of nitriles is 1. The smallest absolute Gasteiger partial charge is 0.271 e. The van der Waals surface area contributed by atoms with Gasteiger partial charge in [-0.05, 0) is 44.3 Å². The Kier molecular flexibility index (Phi) is 6.30. The summed E-state index contributed by atoms with van der Waals surface area (Å²) in [7, 11) is 0. The predicted molar refractivity (Wildman–Crippen MR) is 108 cm³/mol. The zero-order chi connectivity index (χ0) is 20.3. The van der Waals surface area contributed by atoms with Gasteiger partial charge in [-0.25, -0.2) is 0 Å². The molecule has 8 nitrogen and oxygen atoms in total. The van der Waals surface area contributed by atoms with Gasteiger partial charge in [0.15, 0.2) is 0 Å². The SMILES string of the molecule is C=CCn1c(O)c(C=Nc2c(Br)cc([N+](=O)[O-])cc2Br)c(C)c(C#N)c1=O. The molecule has 2 aromatic rings. The van der Waals surface area contributed by atoms with Crippen molar-refractivity contribution in [1.29, 1.82) is 5.26 Å². The highest BCUT2D eigenvalue weighted by Crippen LogP contribution is 2.37. The van der Waals surface area contributed by atoms with Crippen molar-refractivity contribution >= 4 is 49.4 Å². The Morgan fingerprint density at radius 3 is 2.52 bits per heavy atom. The van der Waals surface area contributed by atoms with Crippen LogP contribution in [0.5, 0.6) is 5.88 Å². The maximum absolute atomic E-state index is 12.3. The summed E-state index contributed by atoms with van der Waals surface area (Å²) >= 11 is 6.45. The number of rotatable bonds is 5.